The topological polar surface area (TPSA) is 55.8 Å². The fraction of sp³-hybridized carbons (Fsp3) is 0.350. The van der Waals surface area contributed by atoms with Gasteiger partial charge in [0.25, 0.3) is 0 Å². The normalized spacial score (nSPS) is 16.3. The van der Waals surface area contributed by atoms with Crippen LogP contribution in [0.3, 0.4) is 0 Å². The highest BCUT2D eigenvalue weighted by Crippen LogP contribution is 2.23. The highest BCUT2D eigenvalue weighted by Gasteiger charge is 2.20. The van der Waals surface area contributed by atoms with Gasteiger partial charge in [-0.15, -0.1) is 0 Å². The number of anilines is 1. The van der Waals surface area contributed by atoms with E-state index in [0.717, 1.165) is 41.9 Å². The highest BCUT2D eigenvalue weighted by molar-refractivity contribution is 9.10. The van der Waals surface area contributed by atoms with Gasteiger partial charge in [-0.1, -0.05) is 34.1 Å². The minimum Gasteiger partial charge on any atom is -0.508 e. The molecule has 0 unspecified atom stereocenters. The fourth-order valence-corrected chi connectivity index (χ4v) is 3.85. The molecule has 1 aliphatic rings. The van der Waals surface area contributed by atoms with Gasteiger partial charge in [0.2, 0.25) is 5.91 Å². The summed E-state index contributed by atoms with van der Waals surface area (Å²) in [6.07, 6.45) is 0. The van der Waals surface area contributed by atoms with Crippen LogP contribution in [0, 0.1) is 0 Å². The van der Waals surface area contributed by atoms with E-state index in [9.17, 15) is 9.90 Å². The van der Waals surface area contributed by atoms with Gasteiger partial charge in [0.15, 0.2) is 0 Å². The van der Waals surface area contributed by atoms with Crippen molar-refractivity contribution in [2.75, 3.05) is 37.6 Å². The van der Waals surface area contributed by atoms with E-state index in [4.69, 9.17) is 0 Å². The van der Waals surface area contributed by atoms with E-state index in [2.05, 4.69) is 31.0 Å². The van der Waals surface area contributed by atoms with Gasteiger partial charge >= 0.3 is 0 Å². The molecule has 0 radical (unpaired) electrons. The molecule has 0 saturated carbocycles. The SMILES string of the molecule is C[C@H](NC(=O)CN1CCN(c2ccc(O)cc2)CC1)c1ccccc1Br. The van der Waals surface area contributed by atoms with E-state index >= 15 is 0 Å². The third kappa shape index (κ3) is 4.77. The number of nitrogens with one attached hydrogen (secondary N) is 1. The van der Waals surface area contributed by atoms with Crippen molar-refractivity contribution in [1.29, 1.82) is 0 Å². The molecule has 6 heteroatoms. The Balaban J connectivity index is 1.47. The lowest BCUT2D eigenvalue weighted by molar-refractivity contribution is -0.123. The Hall–Kier alpha value is -2.05. The number of phenols is 1. The molecule has 5 nitrogen and oxygen atoms in total. The van der Waals surface area contributed by atoms with E-state index in [1.54, 1.807) is 12.1 Å². The Labute approximate surface area is 162 Å². The number of piperazine rings is 1. The van der Waals surface area contributed by atoms with Crippen LogP contribution in [0.5, 0.6) is 5.75 Å². The second-order valence-corrected chi connectivity index (χ2v) is 7.44. The summed E-state index contributed by atoms with van der Waals surface area (Å²) in [4.78, 5) is 16.8. The molecule has 0 aliphatic carbocycles. The number of halogens is 1. The van der Waals surface area contributed by atoms with Crippen molar-refractivity contribution in [1.82, 2.24) is 10.2 Å². The largest absolute Gasteiger partial charge is 0.508 e. The van der Waals surface area contributed by atoms with E-state index in [0.29, 0.717) is 6.54 Å². The molecule has 1 saturated heterocycles. The zero-order chi connectivity index (χ0) is 18.5. The molecular weight excluding hydrogens is 394 g/mol. The molecule has 3 rings (SSSR count). The summed E-state index contributed by atoms with van der Waals surface area (Å²) in [5.41, 5.74) is 2.19. The first-order valence-electron chi connectivity index (χ1n) is 8.83. The molecule has 26 heavy (non-hydrogen) atoms. The first-order chi connectivity index (χ1) is 12.5. The van der Waals surface area contributed by atoms with Gasteiger partial charge in [0.1, 0.15) is 5.75 Å². The number of hydrogen-bond acceptors (Lipinski definition) is 4. The molecule has 1 aliphatic heterocycles. The quantitative estimate of drug-likeness (QED) is 0.784. The Morgan fingerprint density at radius 2 is 1.77 bits per heavy atom. The Bertz CT molecular complexity index is 743. The second-order valence-electron chi connectivity index (χ2n) is 6.59. The van der Waals surface area contributed by atoms with Crippen LogP contribution >= 0.6 is 15.9 Å². The van der Waals surface area contributed by atoms with Crippen molar-refractivity contribution < 1.29 is 9.90 Å². The minimum absolute atomic E-state index is 0.0311. The first-order valence-corrected chi connectivity index (χ1v) is 9.62. The average molecular weight is 418 g/mol. The summed E-state index contributed by atoms with van der Waals surface area (Å²) < 4.78 is 1.01. The van der Waals surface area contributed by atoms with Crippen molar-refractivity contribution >= 4 is 27.5 Å². The number of hydrogen-bond donors (Lipinski definition) is 2. The van der Waals surface area contributed by atoms with Crippen molar-refractivity contribution in [3.8, 4) is 5.75 Å². The third-order valence-corrected chi connectivity index (χ3v) is 5.43. The van der Waals surface area contributed by atoms with Gasteiger partial charge in [-0.25, -0.2) is 0 Å². The fourth-order valence-electron chi connectivity index (χ4n) is 3.22. The molecular formula is C20H24BrN3O2. The third-order valence-electron chi connectivity index (χ3n) is 4.70. The summed E-state index contributed by atoms with van der Waals surface area (Å²) in [7, 11) is 0. The summed E-state index contributed by atoms with van der Waals surface area (Å²) >= 11 is 3.54. The van der Waals surface area contributed by atoms with E-state index in [1.807, 2.05) is 43.3 Å². The lowest BCUT2D eigenvalue weighted by Gasteiger charge is -2.35. The molecule has 2 aromatic rings. The predicted molar refractivity (Wildman–Crippen MR) is 107 cm³/mol. The van der Waals surface area contributed by atoms with Gasteiger partial charge < -0.3 is 15.3 Å². The number of carbonyl (C=O) groups excluding carboxylic acids is 1. The van der Waals surface area contributed by atoms with Crippen LogP contribution in [0.15, 0.2) is 53.0 Å². The maximum Gasteiger partial charge on any atom is 0.234 e. The molecule has 138 valence electrons. The summed E-state index contributed by atoms with van der Waals surface area (Å²) in [6, 6.07) is 15.2. The maximum absolute atomic E-state index is 12.4. The average Bonchev–Trinajstić information content (AvgIpc) is 2.63. The lowest BCUT2D eigenvalue weighted by atomic mass is 10.1. The number of aromatic hydroxyl groups is 1. The number of phenolic OH excluding ortho intramolecular Hbond substituents is 1. The van der Waals surface area contributed by atoms with Gasteiger partial charge in [0.05, 0.1) is 12.6 Å². The molecule has 0 bridgehead atoms. The lowest BCUT2D eigenvalue weighted by Crippen LogP contribution is -2.49. The first kappa shape index (κ1) is 18.7. The van der Waals surface area contributed by atoms with E-state index in [-0.39, 0.29) is 17.7 Å². The number of amides is 1. The molecule has 1 amide bonds. The van der Waals surface area contributed by atoms with Crippen LogP contribution < -0.4 is 10.2 Å². The standard InChI is InChI=1S/C20H24BrN3O2/c1-15(18-4-2-3-5-19(18)21)22-20(26)14-23-10-12-24(13-11-23)16-6-8-17(25)9-7-16/h2-9,15,25H,10-14H2,1H3,(H,22,26)/t15-/m0/s1. The summed E-state index contributed by atoms with van der Waals surface area (Å²) in [5, 5.41) is 12.5. The zero-order valence-corrected chi connectivity index (χ0v) is 16.4. The van der Waals surface area contributed by atoms with Crippen LogP contribution in [0.2, 0.25) is 0 Å². The van der Waals surface area contributed by atoms with Gasteiger partial charge in [0, 0.05) is 36.3 Å². The van der Waals surface area contributed by atoms with Crippen LogP contribution in [0.4, 0.5) is 5.69 Å². The van der Waals surface area contributed by atoms with Crippen LogP contribution in [0.25, 0.3) is 0 Å². The van der Waals surface area contributed by atoms with Crippen molar-refractivity contribution in [2.24, 2.45) is 0 Å². The van der Waals surface area contributed by atoms with Gasteiger partial charge in [-0.05, 0) is 42.8 Å². The second kappa shape index (κ2) is 8.56. The van der Waals surface area contributed by atoms with Crippen molar-refractivity contribution in [2.45, 2.75) is 13.0 Å². The van der Waals surface area contributed by atoms with Crippen LogP contribution in [0.1, 0.15) is 18.5 Å². The monoisotopic (exact) mass is 417 g/mol. The number of rotatable bonds is 5. The van der Waals surface area contributed by atoms with Crippen molar-refractivity contribution in [3.05, 3.63) is 58.6 Å². The smallest absolute Gasteiger partial charge is 0.234 e. The summed E-state index contributed by atoms with van der Waals surface area (Å²) in [5.74, 6) is 0.328. The molecule has 2 N–H and O–H groups in total. The Morgan fingerprint density at radius 3 is 2.42 bits per heavy atom. The van der Waals surface area contributed by atoms with E-state index < -0.39 is 0 Å². The molecule has 1 fully saturated rings. The molecule has 0 aromatic heterocycles. The minimum atomic E-state index is -0.0311. The molecule has 1 heterocycles. The van der Waals surface area contributed by atoms with Gasteiger partial charge in [-0.3, -0.25) is 9.69 Å². The highest BCUT2D eigenvalue weighted by atomic mass is 79.9. The van der Waals surface area contributed by atoms with Gasteiger partial charge in [-0.2, -0.15) is 0 Å². The number of nitrogens with zero attached hydrogens (tertiary/aromatic N) is 2. The Kier molecular flexibility index (Phi) is 6.16. The number of carbonyl (C=O) groups is 1. The van der Waals surface area contributed by atoms with E-state index in [1.165, 1.54) is 0 Å². The molecule has 1 atom stereocenters. The Morgan fingerprint density at radius 1 is 1.12 bits per heavy atom. The predicted octanol–water partition coefficient (Wildman–Crippen LogP) is 3.15. The zero-order valence-electron chi connectivity index (χ0n) is 14.9. The summed E-state index contributed by atoms with van der Waals surface area (Å²) in [6.45, 7) is 5.85. The van der Waals surface area contributed by atoms with Crippen molar-refractivity contribution in [3.63, 3.8) is 0 Å². The molecule has 0 spiro atoms. The number of benzene rings is 2. The maximum atomic E-state index is 12.4. The van der Waals surface area contributed by atoms with Crippen LogP contribution in [-0.4, -0.2) is 48.6 Å². The molecule has 2 aromatic carbocycles. The van der Waals surface area contributed by atoms with Crippen LogP contribution in [-0.2, 0) is 4.79 Å².